The molecule has 1 aliphatic carbocycles. The zero-order chi connectivity index (χ0) is 17.0. The van der Waals surface area contributed by atoms with Gasteiger partial charge in [-0.15, -0.1) is 0 Å². The van der Waals surface area contributed by atoms with Gasteiger partial charge >= 0.3 is 0 Å². The van der Waals surface area contributed by atoms with Crippen LogP contribution in [0.2, 0.25) is 0 Å². The second kappa shape index (κ2) is 7.62. The Balaban J connectivity index is 1.79. The Labute approximate surface area is 140 Å². The Bertz CT molecular complexity index is 428. The molecule has 1 heterocycles. The van der Waals surface area contributed by atoms with Gasteiger partial charge in [0.1, 0.15) is 0 Å². The number of piperazine rings is 1. The first-order chi connectivity index (χ1) is 10.8. The fraction of sp³-hybridized carbons (Fsp3) is 0.882. The van der Waals surface area contributed by atoms with E-state index in [1.807, 2.05) is 11.8 Å². The monoisotopic (exact) mass is 324 g/mol. The van der Waals surface area contributed by atoms with Gasteiger partial charge in [-0.1, -0.05) is 12.8 Å². The SMILES string of the molecule is CN(C)C(=O)CCN1CCN(C(=O)C2CCCCC2(C)N)CC1. The van der Waals surface area contributed by atoms with Crippen LogP contribution in [-0.4, -0.2) is 78.9 Å². The predicted octanol–water partition coefficient (Wildman–Crippen LogP) is 0.517. The van der Waals surface area contributed by atoms with Gasteiger partial charge < -0.3 is 15.5 Å². The molecule has 2 unspecified atom stereocenters. The lowest BCUT2D eigenvalue weighted by molar-refractivity contribution is -0.141. The number of amides is 2. The molecule has 2 aliphatic rings. The number of nitrogens with zero attached hydrogens (tertiary/aromatic N) is 3. The van der Waals surface area contributed by atoms with Crippen LogP contribution in [-0.2, 0) is 9.59 Å². The van der Waals surface area contributed by atoms with Gasteiger partial charge in [-0.05, 0) is 19.8 Å². The van der Waals surface area contributed by atoms with Gasteiger partial charge in [-0.2, -0.15) is 0 Å². The zero-order valence-electron chi connectivity index (χ0n) is 14.9. The number of carbonyl (C=O) groups is 2. The summed E-state index contributed by atoms with van der Waals surface area (Å²) in [4.78, 5) is 30.3. The smallest absolute Gasteiger partial charge is 0.227 e. The van der Waals surface area contributed by atoms with Crippen molar-refractivity contribution in [3.05, 3.63) is 0 Å². The summed E-state index contributed by atoms with van der Waals surface area (Å²) >= 11 is 0. The third kappa shape index (κ3) is 4.67. The van der Waals surface area contributed by atoms with Crippen molar-refractivity contribution < 1.29 is 9.59 Å². The number of hydrogen-bond acceptors (Lipinski definition) is 4. The van der Waals surface area contributed by atoms with Gasteiger partial charge in [0.2, 0.25) is 11.8 Å². The van der Waals surface area contributed by atoms with Crippen LogP contribution in [0.25, 0.3) is 0 Å². The molecule has 0 aromatic heterocycles. The molecule has 132 valence electrons. The van der Waals surface area contributed by atoms with E-state index in [1.54, 1.807) is 19.0 Å². The Morgan fingerprint density at radius 2 is 1.83 bits per heavy atom. The molecule has 0 aromatic carbocycles. The third-order valence-corrected chi connectivity index (χ3v) is 5.38. The number of hydrogen-bond donors (Lipinski definition) is 1. The first kappa shape index (κ1) is 18.2. The number of rotatable bonds is 4. The minimum Gasteiger partial charge on any atom is -0.349 e. The first-order valence-electron chi connectivity index (χ1n) is 8.81. The molecule has 1 saturated carbocycles. The fourth-order valence-electron chi connectivity index (χ4n) is 3.65. The highest BCUT2D eigenvalue weighted by Crippen LogP contribution is 2.33. The largest absolute Gasteiger partial charge is 0.349 e. The Morgan fingerprint density at radius 1 is 1.17 bits per heavy atom. The lowest BCUT2D eigenvalue weighted by atomic mass is 9.74. The standard InChI is InChI=1S/C17H32N4O2/c1-17(18)8-5-4-6-14(17)16(23)21-12-10-20(11-13-21)9-7-15(22)19(2)3/h14H,4-13,18H2,1-3H3. The summed E-state index contributed by atoms with van der Waals surface area (Å²) in [6, 6.07) is 0. The molecule has 2 N–H and O–H groups in total. The topological polar surface area (TPSA) is 69.9 Å². The van der Waals surface area contributed by atoms with Crippen LogP contribution < -0.4 is 5.73 Å². The van der Waals surface area contributed by atoms with E-state index < -0.39 is 0 Å². The quantitative estimate of drug-likeness (QED) is 0.818. The van der Waals surface area contributed by atoms with Crippen LogP contribution in [0, 0.1) is 5.92 Å². The van der Waals surface area contributed by atoms with Gasteiger partial charge in [0.05, 0.1) is 5.92 Å². The van der Waals surface area contributed by atoms with Crippen molar-refractivity contribution in [2.45, 2.75) is 44.6 Å². The van der Waals surface area contributed by atoms with Crippen molar-refractivity contribution in [1.29, 1.82) is 0 Å². The summed E-state index contributed by atoms with van der Waals surface area (Å²) in [5.74, 6) is 0.362. The summed E-state index contributed by atoms with van der Waals surface area (Å²) in [6.07, 6.45) is 4.64. The Kier molecular flexibility index (Phi) is 6.03. The summed E-state index contributed by atoms with van der Waals surface area (Å²) in [5, 5.41) is 0. The van der Waals surface area contributed by atoms with Crippen molar-refractivity contribution in [2.75, 3.05) is 46.8 Å². The van der Waals surface area contributed by atoms with Crippen molar-refractivity contribution in [3.8, 4) is 0 Å². The molecular formula is C17H32N4O2. The van der Waals surface area contributed by atoms with Gasteiger partial charge in [0, 0.05) is 58.8 Å². The number of nitrogens with two attached hydrogens (primary N) is 1. The van der Waals surface area contributed by atoms with E-state index in [1.165, 1.54) is 0 Å². The molecule has 6 heteroatoms. The average Bonchev–Trinajstić information content (AvgIpc) is 2.52. The number of carbonyl (C=O) groups excluding carboxylic acids is 2. The minimum absolute atomic E-state index is 0.0295. The van der Waals surface area contributed by atoms with Crippen molar-refractivity contribution in [1.82, 2.24) is 14.7 Å². The molecule has 0 radical (unpaired) electrons. The molecule has 0 aromatic rings. The van der Waals surface area contributed by atoms with Gasteiger partial charge in [0.25, 0.3) is 0 Å². The highest BCUT2D eigenvalue weighted by Gasteiger charge is 2.40. The fourth-order valence-corrected chi connectivity index (χ4v) is 3.65. The highest BCUT2D eigenvalue weighted by atomic mass is 16.2. The van der Waals surface area contributed by atoms with Gasteiger partial charge in [0.15, 0.2) is 0 Å². The predicted molar refractivity (Wildman–Crippen MR) is 90.9 cm³/mol. The summed E-state index contributed by atoms with van der Waals surface area (Å²) < 4.78 is 0. The van der Waals surface area contributed by atoms with E-state index in [4.69, 9.17) is 5.73 Å². The highest BCUT2D eigenvalue weighted by molar-refractivity contribution is 5.80. The van der Waals surface area contributed by atoms with Crippen LogP contribution in [0.5, 0.6) is 0 Å². The zero-order valence-corrected chi connectivity index (χ0v) is 14.9. The van der Waals surface area contributed by atoms with Crippen molar-refractivity contribution in [3.63, 3.8) is 0 Å². The second-order valence-corrected chi connectivity index (χ2v) is 7.51. The van der Waals surface area contributed by atoms with Crippen LogP contribution >= 0.6 is 0 Å². The van der Waals surface area contributed by atoms with Crippen molar-refractivity contribution >= 4 is 11.8 Å². The van der Waals surface area contributed by atoms with E-state index in [0.717, 1.165) is 58.4 Å². The van der Waals surface area contributed by atoms with Crippen LogP contribution in [0.3, 0.4) is 0 Å². The molecule has 2 atom stereocenters. The Morgan fingerprint density at radius 3 is 2.39 bits per heavy atom. The second-order valence-electron chi connectivity index (χ2n) is 7.51. The third-order valence-electron chi connectivity index (χ3n) is 5.38. The molecule has 2 fully saturated rings. The normalized spacial score (nSPS) is 29.4. The maximum Gasteiger partial charge on any atom is 0.227 e. The molecule has 2 rings (SSSR count). The van der Waals surface area contributed by atoms with Gasteiger partial charge in [-0.25, -0.2) is 0 Å². The van der Waals surface area contributed by atoms with Crippen molar-refractivity contribution in [2.24, 2.45) is 11.7 Å². The molecule has 1 aliphatic heterocycles. The lowest BCUT2D eigenvalue weighted by Gasteiger charge is -2.42. The molecule has 0 bridgehead atoms. The first-order valence-corrected chi connectivity index (χ1v) is 8.81. The maximum absolute atomic E-state index is 12.8. The molecular weight excluding hydrogens is 292 g/mol. The minimum atomic E-state index is -0.357. The molecule has 2 amide bonds. The summed E-state index contributed by atoms with van der Waals surface area (Å²) in [6.45, 7) is 6.00. The molecule has 0 spiro atoms. The van der Waals surface area contributed by atoms with Crippen LogP contribution in [0.15, 0.2) is 0 Å². The molecule has 6 nitrogen and oxygen atoms in total. The lowest BCUT2D eigenvalue weighted by Crippen LogP contribution is -2.57. The van der Waals surface area contributed by atoms with E-state index in [9.17, 15) is 9.59 Å². The van der Waals surface area contributed by atoms with E-state index in [2.05, 4.69) is 4.90 Å². The Hall–Kier alpha value is -1.14. The summed E-state index contributed by atoms with van der Waals surface area (Å²) in [5.41, 5.74) is 6.01. The van der Waals surface area contributed by atoms with E-state index >= 15 is 0 Å². The van der Waals surface area contributed by atoms with E-state index in [0.29, 0.717) is 6.42 Å². The summed E-state index contributed by atoms with van der Waals surface area (Å²) in [7, 11) is 3.57. The van der Waals surface area contributed by atoms with Crippen LogP contribution in [0.4, 0.5) is 0 Å². The van der Waals surface area contributed by atoms with Gasteiger partial charge in [-0.3, -0.25) is 14.5 Å². The van der Waals surface area contributed by atoms with E-state index in [-0.39, 0.29) is 23.3 Å². The van der Waals surface area contributed by atoms with Crippen LogP contribution in [0.1, 0.15) is 39.0 Å². The average molecular weight is 324 g/mol. The maximum atomic E-state index is 12.8. The molecule has 23 heavy (non-hydrogen) atoms. The molecule has 1 saturated heterocycles.